The second-order valence-corrected chi connectivity index (χ2v) is 16.1. The molecule has 6 N–H and O–H groups in total. The molecule has 2 atom stereocenters. The number of nitrogens with one attached hydrogen (secondary N) is 4. The quantitative estimate of drug-likeness (QED) is 0.0620. The van der Waals surface area contributed by atoms with Crippen molar-refractivity contribution < 1.29 is 38.9 Å². The van der Waals surface area contributed by atoms with Gasteiger partial charge in [-0.2, -0.15) is 0 Å². The van der Waals surface area contributed by atoms with E-state index < -0.39 is 36.2 Å². The van der Waals surface area contributed by atoms with E-state index in [0.717, 1.165) is 70.2 Å². The lowest BCUT2D eigenvalue weighted by molar-refractivity contribution is -0.153. The van der Waals surface area contributed by atoms with Gasteiger partial charge in [-0.05, 0) is 148 Å². The third-order valence-corrected chi connectivity index (χ3v) is 11.4. The van der Waals surface area contributed by atoms with Crippen molar-refractivity contribution in [2.75, 3.05) is 37.1 Å². The average molecular weight is 821 g/mol. The molecule has 0 saturated heterocycles. The lowest BCUT2D eigenvalue weighted by atomic mass is 9.94. The number of aliphatic hydroxyl groups excluding tert-OH is 2. The van der Waals surface area contributed by atoms with E-state index in [1.807, 2.05) is 62.4 Å². The fourth-order valence-corrected chi connectivity index (χ4v) is 7.14. The van der Waals surface area contributed by atoms with E-state index in [1.165, 1.54) is 0 Å². The number of aliphatic hydroxyl groups is 2. The second kappa shape index (κ2) is 18.8. The van der Waals surface area contributed by atoms with Gasteiger partial charge in [0.05, 0.1) is 26.4 Å². The Morgan fingerprint density at radius 3 is 1.38 bits per heavy atom. The van der Waals surface area contributed by atoms with Crippen molar-refractivity contribution in [1.82, 2.24) is 20.6 Å². The first kappa shape index (κ1) is 44.0. The van der Waals surface area contributed by atoms with Crippen LogP contribution in [0.1, 0.15) is 120 Å². The number of hydrogen-bond acceptors (Lipinski definition) is 12. The Labute approximate surface area is 350 Å². The molecule has 14 heteroatoms. The molecule has 2 heterocycles. The Balaban J connectivity index is 1.16. The molecular formula is C46H56N6O8. The van der Waals surface area contributed by atoms with Gasteiger partial charge in [0.2, 0.25) is 0 Å². The van der Waals surface area contributed by atoms with Crippen molar-refractivity contribution in [2.45, 2.75) is 103 Å². The van der Waals surface area contributed by atoms with Crippen LogP contribution in [-0.4, -0.2) is 81.4 Å². The van der Waals surface area contributed by atoms with E-state index in [9.17, 15) is 29.4 Å². The van der Waals surface area contributed by atoms with E-state index in [2.05, 4.69) is 31.2 Å². The second-order valence-electron chi connectivity index (χ2n) is 16.1. The molecule has 2 aromatic heterocycles. The third kappa shape index (κ3) is 9.90. The van der Waals surface area contributed by atoms with Crippen LogP contribution >= 0.6 is 0 Å². The van der Waals surface area contributed by atoms with Gasteiger partial charge in [-0.1, -0.05) is 24.3 Å². The number of amides is 2. The van der Waals surface area contributed by atoms with Crippen LogP contribution < -0.4 is 21.3 Å². The van der Waals surface area contributed by atoms with Crippen LogP contribution in [0, 0.1) is 13.8 Å². The third-order valence-electron chi connectivity index (χ3n) is 11.4. The summed E-state index contributed by atoms with van der Waals surface area (Å²) in [6.07, 6.45) is 7.25. The molecule has 4 aromatic rings. The van der Waals surface area contributed by atoms with Crippen LogP contribution in [0.25, 0.3) is 11.1 Å². The van der Waals surface area contributed by atoms with Crippen molar-refractivity contribution in [3.05, 3.63) is 106 Å². The highest BCUT2D eigenvalue weighted by atomic mass is 16.5. The highest BCUT2D eigenvalue weighted by molar-refractivity contribution is 6.05. The van der Waals surface area contributed by atoms with Crippen molar-refractivity contribution in [1.29, 1.82) is 0 Å². The van der Waals surface area contributed by atoms with Gasteiger partial charge in [-0.15, -0.1) is 0 Å². The van der Waals surface area contributed by atoms with Crippen LogP contribution in [0.3, 0.4) is 0 Å². The Morgan fingerprint density at radius 2 is 1.05 bits per heavy atom. The molecule has 2 saturated carbocycles. The van der Waals surface area contributed by atoms with Gasteiger partial charge < -0.3 is 30.3 Å². The molecule has 60 heavy (non-hydrogen) atoms. The molecule has 0 unspecified atom stereocenters. The first-order valence-corrected chi connectivity index (χ1v) is 20.6. The predicted molar refractivity (Wildman–Crippen MR) is 228 cm³/mol. The van der Waals surface area contributed by atoms with Gasteiger partial charge >= 0.3 is 11.9 Å². The summed E-state index contributed by atoms with van der Waals surface area (Å²) in [4.78, 5) is 61.4. The molecule has 2 aliphatic carbocycles. The first-order valence-electron chi connectivity index (χ1n) is 20.6. The van der Waals surface area contributed by atoms with Gasteiger partial charge in [0.1, 0.15) is 22.5 Å². The van der Waals surface area contributed by atoms with E-state index in [-0.39, 0.29) is 61.3 Å². The molecule has 2 fully saturated rings. The minimum Gasteiger partial charge on any atom is -0.465 e. The summed E-state index contributed by atoms with van der Waals surface area (Å²) >= 11 is 0. The number of esters is 2. The molecule has 0 bridgehead atoms. The molecule has 2 amide bonds. The largest absolute Gasteiger partial charge is 0.465 e. The number of rotatable bonds is 19. The smallest absolute Gasteiger partial charge is 0.328 e. The summed E-state index contributed by atoms with van der Waals surface area (Å²) in [6.45, 7) is 10.6. The monoisotopic (exact) mass is 820 g/mol. The maximum atomic E-state index is 13.7. The molecule has 0 aliphatic heterocycles. The number of pyridine rings is 2. The zero-order valence-electron chi connectivity index (χ0n) is 35.2. The Bertz CT molecular complexity index is 2100. The minimum absolute atomic E-state index is 0.201. The number of aromatic nitrogens is 2. The van der Waals surface area contributed by atoms with Crippen molar-refractivity contribution in [3.8, 4) is 11.1 Å². The Kier molecular flexibility index (Phi) is 13.8. The number of anilines is 2. The van der Waals surface area contributed by atoms with Gasteiger partial charge in [0.15, 0.2) is 0 Å². The SMILES string of the molecule is CCOC(=O)[C@@](C)(CO)NCc1cnc(C(=O)Nc2cccc(-c3cccc(NC(=O)c4cc(C5CC5)c(CN[C@](C)(CO)C(=O)OCC)cn4)c3C)c2C)cc1C1CC1. The number of ether oxygens (including phenoxy) is 2. The van der Waals surface area contributed by atoms with Gasteiger partial charge in [-0.25, -0.2) is 9.59 Å². The molecule has 2 aliphatic rings. The van der Waals surface area contributed by atoms with E-state index in [0.29, 0.717) is 11.4 Å². The summed E-state index contributed by atoms with van der Waals surface area (Å²) in [5.41, 5.74) is 6.31. The lowest BCUT2D eigenvalue weighted by Crippen LogP contribution is -2.53. The normalized spacial score (nSPS) is 15.7. The van der Waals surface area contributed by atoms with Crippen LogP contribution in [0.15, 0.2) is 60.9 Å². The highest BCUT2D eigenvalue weighted by Crippen LogP contribution is 2.43. The van der Waals surface area contributed by atoms with Crippen molar-refractivity contribution in [3.63, 3.8) is 0 Å². The molecule has 0 radical (unpaired) electrons. The summed E-state index contributed by atoms with van der Waals surface area (Å²) in [5, 5.41) is 32.3. The Morgan fingerprint density at radius 1 is 0.667 bits per heavy atom. The van der Waals surface area contributed by atoms with Crippen LogP contribution in [0.2, 0.25) is 0 Å². The van der Waals surface area contributed by atoms with Crippen molar-refractivity contribution in [2.24, 2.45) is 0 Å². The summed E-state index contributed by atoms with van der Waals surface area (Å²) < 4.78 is 10.3. The number of carbonyl (C=O) groups excluding carboxylic acids is 4. The Hall–Kier alpha value is -5.54. The summed E-state index contributed by atoms with van der Waals surface area (Å²) in [6, 6.07) is 15.0. The van der Waals surface area contributed by atoms with Gasteiger partial charge in [-0.3, -0.25) is 30.2 Å². The first-order chi connectivity index (χ1) is 28.7. The standard InChI is InChI=1S/C46H56N6O8/c1-7-59-43(57)45(5,25-53)49-23-31-21-47-39(19-35(31)29-15-16-29)41(55)51-37-13-9-11-33(27(37)3)34-12-10-14-38(28(34)4)52-42(56)40-20-36(30-17-18-30)32(22-48-40)24-50-46(6,26-54)44(58)60-8-2/h9-14,19-22,29-30,49-50,53-54H,7-8,15-18,23-26H2,1-6H3,(H,51,55)(H,52,56)/t45-,46-/m1/s1. The summed E-state index contributed by atoms with van der Waals surface area (Å²) in [5.74, 6) is -1.23. The number of nitrogens with zero attached hydrogens (tertiary/aromatic N) is 2. The topological polar surface area (TPSA) is 201 Å². The fraction of sp³-hybridized carbons (Fsp3) is 0.435. The molecule has 2 aromatic carbocycles. The molecule has 6 rings (SSSR count). The van der Waals surface area contributed by atoms with Crippen LogP contribution in [0.4, 0.5) is 11.4 Å². The predicted octanol–water partition coefficient (Wildman–Crippen LogP) is 5.83. The number of benzene rings is 2. The van der Waals surface area contributed by atoms with E-state index in [4.69, 9.17) is 9.47 Å². The average Bonchev–Trinajstić information content (AvgIpc) is 4.19. The number of carbonyl (C=O) groups is 4. The number of hydrogen-bond donors (Lipinski definition) is 6. The summed E-state index contributed by atoms with van der Waals surface area (Å²) in [7, 11) is 0. The highest BCUT2D eigenvalue weighted by Gasteiger charge is 2.36. The van der Waals surface area contributed by atoms with Crippen LogP contribution in [0.5, 0.6) is 0 Å². The van der Waals surface area contributed by atoms with Gasteiger partial charge in [0, 0.05) is 36.9 Å². The molecule has 0 spiro atoms. The van der Waals surface area contributed by atoms with E-state index in [1.54, 1.807) is 40.1 Å². The maximum Gasteiger partial charge on any atom is 0.328 e. The van der Waals surface area contributed by atoms with Crippen LogP contribution in [-0.2, 0) is 32.2 Å². The minimum atomic E-state index is -1.28. The van der Waals surface area contributed by atoms with Gasteiger partial charge in [0.25, 0.3) is 11.8 Å². The lowest BCUT2D eigenvalue weighted by Gasteiger charge is -2.26. The zero-order valence-corrected chi connectivity index (χ0v) is 35.2. The zero-order chi connectivity index (χ0) is 43.2. The van der Waals surface area contributed by atoms with Crippen molar-refractivity contribution >= 4 is 35.1 Å². The molecule has 14 nitrogen and oxygen atoms in total. The molecule has 318 valence electrons. The van der Waals surface area contributed by atoms with E-state index >= 15 is 0 Å². The molecular weight excluding hydrogens is 765 g/mol. The fourth-order valence-electron chi connectivity index (χ4n) is 7.14. The maximum absolute atomic E-state index is 13.7.